The molecule has 0 aromatic carbocycles. The van der Waals surface area contributed by atoms with Gasteiger partial charge in [0, 0.05) is 9.75 Å². The summed E-state index contributed by atoms with van der Waals surface area (Å²) in [4.78, 5) is 1.77. The van der Waals surface area contributed by atoms with Gasteiger partial charge in [-0.15, -0.1) is 11.3 Å². The summed E-state index contributed by atoms with van der Waals surface area (Å²) in [7, 11) is 0. The summed E-state index contributed by atoms with van der Waals surface area (Å²) in [5, 5.41) is 0. The van der Waals surface area contributed by atoms with Crippen molar-refractivity contribution in [3.05, 3.63) is 21.4 Å². The summed E-state index contributed by atoms with van der Waals surface area (Å²) in [5.74, 6) is 0.799. The van der Waals surface area contributed by atoms with E-state index in [2.05, 4.69) is 27.7 Å². The van der Waals surface area contributed by atoms with Gasteiger partial charge in [0.25, 0.3) is 0 Å². The SMILES string of the molecule is CCCCCCC(C)c1sc(CC(F)(F)F)cc1C(CCCCCC)CCCCCC. The van der Waals surface area contributed by atoms with Crippen molar-refractivity contribution in [2.45, 2.75) is 148 Å². The third kappa shape index (κ3) is 12.3. The molecule has 1 atom stereocenters. The summed E-state index contributed by atoms with van der Waals surface area (Å²) < 4.78 is 39.5. The monoisotopic (exact) mass is 460 g/mol. The first kappa shape index (κ1) is 28.5. The van der Waals surface area contributed by atoms with E-state index in [1.165, 1.54) is 98.8 Å². The molecule has 1 aromatic heterocycles. The van der Waals surface area contributed by atoms with Crippen molar-refractivity contribution in [3.63, 3.8) is 0 Å². The van der Waals surface area contributed by atoms with Gasteiger partial charge >= 0.3 is 6.18 Å². The van der Waals surface area contributed by atoms with Crippen molar-refractivity contribution in [2.24, 2.45) is 0 Å². The van der Waals surface area contributed by atoms with Crippen LogP contribution in [0.1, 0.15) is 151 Å². The molecule has 0 nitrogen and oxygen atoms in total. The molecule has 0 spiro atoms. The second-order valence-electron chi connectivity index (χ2n) is 9.47. The first-order valence-electron chi connectivity index (χ1n) is 13.0. The Balaban J connectivity index is 3.02. The van der Waals surface area contributed by atoms with Crippen LogP contribution in [0.4, 0.5) is 13.2 Å². The Bertz CT molecular complexity index is 549. The lowest BCUT2D eigenvalue weighted by molar-refractivity contribution is -0.126. The number of thiophene rings is 1. The Hall–Kier alpha value is -0.510. The van der Waals surface area contributed by atoms with Gasteiger partial charge in [0.05, 0.1) is 6.42 Å². The standard InChI is InChI=1S/C27H47F3S/c1-5-8-11-14-17-22(4)26-25(20-24(31-26)21-27(28,29)30)23(18-15-12-9-6-2)19-16-13-10-7-3/h20,22-23H,5-19,21H2,1-4H3. The molecule has 0 amide bonds. The molecule has 1 aromatic rings. The van der Waals surface area contributed by atoms with Crippen molar-refractivity contribution in [3.8, 4) is 0 Å². The maximum Gasteiger partial charge on any atom is 0.393 e. The van der Waals surface area contributed by atoms with Crippen LogP contribution >= 0.6 is 11.3 Å². The highest BCUT2D eigenvalue weighted by Gasteiger charge is 2.30. The highest BCUT2D eigenvalue weighted by molar-refractivity contribution is 7.12. The van der Waals surface area contributed by atoms with E-state index in [0.717, 1.165) is 19.3 Å². The Labute approximate surface area is 194 Å². The number of hydrogen-bond acceptors (Lipinski definition) is 1. The Kier molecular flexibility index (Phi) is 14.9. The Morgan fingerprint density at radius 2 is 1.23 bits per heavy atom. The van der Waals surface area contributed by atoms with Crippen LogP contribution in [0.5, 0.6) is 0 Å². The number of unbranched alkanes of at least 4 members (excludes halogenated alkanes) is 9. The highest BCUT2D eigenvalue weighted by Crippen LogP contribution is 2.42. The smallest absolute Gasteiger partial charge is 0.171 e. The van der Waals surface area contributed by atoms with Crippen LogP contribution in [0.2, 0.25) is 0 Å². The minimum absolute atomic E-state index is 0.368. The van der Waals surface area contributed by atoms with E-state index in [1.807, 2.05) is 6.07 Å². The number of alkyl halides is 3. The molecule has 1 heterocycles. The van der Waals surface area contributed by atoms with Crippen molar-refractivity contribution in [1.29, 1.82) is 0 Å². The molecule has 0 aliphatic rings. The number of rotatable bonds is 18. The molecule has 0 aliphatic carbocycles. The molecule has 0 bridgehead atoms. The average Bonchev–Trinajstić information content (AvgIpc) is 3.11. The van der Waals surface area contributed by atoms with Crippen LogP contribution < -0.4 is 0 Å². The highest BCUT2D eigenvalue weighted by atomic mass is 32.1. The van der Waals surface area contributed by atoms with E-state index in [9.17, 15) is 13.2 Å². The van der Waals surface area contributed by atoms with E-state index in [4.69, 9.17) is 0 Å². The average molecular weight is 461 g/mol. The molecule has 1 rings (SSSR count). The van der Waals surface area contributed by atoms with Crippen LogP contribution in [0.3, 0.4) is 0 Å². The Morgan fingerprint density at radius 1 is 0.742 bits per heavy atom. The van der Waals surface area contributed by atoms with Gasteiger partial charge < -0.3 is 0 Å². The zero-order valence-electron chi connectivity index (χ0n) is 20.6. The summed E-state index contributed by atoms with van der Waals surface area (Å²) in [6.45, 7) is 8.90. The normalized spacial score (nSPS) is 13.3. The third-order valence-corrected chi connectivity index (χ3v) is 7.79. The van der Waals surface area contributed by atoms with Crippen LogP contribution in [-0.4, -0.2) is 6.18 Å². The van der Waals surface area contributed by atoms with E-state index in [1.54, 1.807) is 0 Å². The molecule has 0 N–H and O–H groups in total. The zero-order chi connectivity index (χ0) is 23.1. The molecule has 0 radical (unpaired) electrons. The van der Waals surface area contributed by atoms with Crippen LogP contribution in [-0.2, 0) is 6.42 Å². The lowest BCUT2D eigenvalue weighted by Crippen LogP contribution is -2.10. The van der Waals surface area contributed by atoms with Gasteiger partial charge in [-0.2, -0.15) is 13.2 Å². The van der Waals surface area contributed by atoms with Crippen molar-refractivity contribution in [2.75, 3.05) is 0 Å². The van der Waals surface area contributed by atoms with Crippen LogP contribution in [0.15, 0.2) is 6.07 Å². The van der Waals surface area contributed by atoms with E-state index >= 15 is 0 Å². The lowest BCUT2D eigenvalue weighted by atomic mass is 9.85. The maximum atomic E-state index is 13.2. The van der Waals surface area contributed by atoms with Crippen LogP contribution in [0.25, 0.3) is 0 Å². The molecular weight excluding hydrogens is 413 g/mol. The largest absolute Gasteiger partial charge is 0.393 e. The third-order valence-electron chi connectivity index (χ3n) is 6.41. The van der Waals surface area contributed by atoms with Crippen LogP contribution in [0, 0.1) is 0 Å². The fraction of sp³-hybridized carbons (Fsp3) is 0.852. The first-order valence-corrected chi connectivity index (χ1v) is 13.8. The van der Waals surface area contributed by atoms with Crippen molar-refractivity contribution < 1.29 is 13.2 Å². The van der Waals surface area contributed by atoms with E-state index in [0.29, 0.717) is 16.7 Å². The van der Waals surface area contributed by atoms with Gasteiger partial charge in [0.2, 0.25) is 0 Å². The second-order valence-corrected chi connectivity index (χ2v) is 10.6. The van der Waals surface area contributed by atoms with E-state index in [-0.39, 0.29) is 0 Å². The molecule has 1 unspecified atom stereocenters. The summed E-state index contributed by atoms with van der Waals surface area (Å²) in [6.07, 6.45) is 13.1. The predicted octanol–water partition coefficient (Wildman–Crippen LogP) is 11.0. The molecule has 0 saturated heterocycles. The van der Waals surface area contributed by atoms with Gasteiger partial charge in [0.15, 0.2) is 0 Å². The van der Waals surface area contributed by atoms with Gasteiger partial charge in [-0.1, -0.05) is 105 Å². The molecule has 182 valence electrons. The topological polar surface area (TPSA) is 0 Å². The molecular formula is C27H47F3S. The fourth-order valence-corrected chi connectivity index (χ4v) is 5.93. The minimum atomic E-state index is -4.12. The van der Waals surface area contributed by atoms with Gasteiger partial charge in [0.1, 0.15) is 0 Å². The van der Waals surface area contributed by atoms with Gasteiger partial charge in [-0.3, -0.25) is 0 Å². The van der Waals surface area contributed by atoms with Crippen molar-refractivity contribution in [1.82, 2.24) is 0 Å². The summed E-state index contributed by atoms with van der Waals surface area (Å²) in [6, 6.07) is 1.94. The quantitative estimate of drug-likeness (QED) is 0.191. The molecule has 0 fully saturated rings. The number of hydrogen-bond donors (Lipinski definition) is 0. The molecule has 31 heavy (non-hydrogen) atoms. The number of halogens is 3. The fourth-order valence-electron chi connectivity index (χ4n) is 4.56. The predicted molar refractivity (Wildman–Crippen MR) is 132 cm³/mol. The van der Waals surface area contributed by atoms with Crippen molar-refractivity contribution >= 4 is 11.3 Å². The maximum absolute atomic E-state index is 13.2. The first-order chi connectivity index (χ1) is 14.8. The zero-order valence-corrected chi connectivity index (χ0v) is 21.4. The van der Waals surface area contributed by atoms with Gasteiger partial charge in [-0.25, -0.2) is 0 Å². The molecule has 0 aliphatic heterocycles. The van der Waals surface area contributed by atoms with Gasteiger partial charge in [-0.05, 0) is 42.7 Å². The Morgan fingerprint density at radius 3 is 1.68 bits per heavy atom. The van der Waals surface area contributed by atoms with E-state index < -0.39 is 12.6 Å². The minimum Gasteiger partial charge on any atom is -0.171 e. The summed E-state index contributed by atoms with van der Waals surface area (Å²) in [5.41, 5.74) is 1.26. The molecule has 4 heteroatoms. The summed E-state index contributed by atoms with van der Waals surface area (Å²) >= 11 is 1.45. The molecule has 0 saturated carbocycles. The lowest BCUT2D eigenvalue weighted by Gasteiger charge is -2.21. The second kappa shape index (κ2) is 16.2.